The Morgan fingerprint density at radius 3 is 2.94 bits per heavy atom. The summed E-state index contributed by atoms with van der Waals surface area (Å²) in [5.41, 5.74) is 0. The summed E-state index contributed by atoms with van der Waals surface area (Å²) in [4.78, 5) is 0. The molecule has 0 bridgehead atoms. The van der Waals surface area contributed by atoms with E-state index in [0.717, 1.165) is 26.0 Å². The largest absolute Gasteiger partial charge is 0.421 e. The standard InChI is InChI=1S/C12H21N3O2/c1-4-6-13-9(3)11-14-15-12(17-11)10-8(2)5-7-16-10/h8-10,13H,4-7H2,1-3H3. The van der Waals surface area contributed by atoms with Crippen molar-refractivity contribution in [2.24, 2.45) is 5.92 Å². The molecule has 0 aliphatic carbocycles. The van der Waals surface area contributed by atoms with Crippen LogP contribution >= 0.6 is 0 Å². The van der Waals surface area contributed by atoms with Crippen molar-refractivity contribution in [1.82, 2.24) is 15.5 Å². The predicted octanol–water partition coefficient (Wildman–Crippen LogP) is 2.23. The number of hydrogen-bond donors (Lipinski definition) is 1. The Hall–Kier alpha value is -0.940. The van der Waals surface area contributed by atoms with Gasteiger partial charge in [0.25, 0.3) is 0 Å². The van der Waals surface area contributed by atoms with E-state index in [0.29, 0.717) is 17.7 Å². The van der Waals surface area contributed by atoms with E-state index in [1.165, 1.54) is 0 Å². The van der Waals surface area contributed by atoms with E-state index in [9.17, 15) is 0 Å². The highest BCUT2D eigenvalue weighted by Crippen LogP contribution is 2.33. The topological polar surface area (TPSA) is 60.2 Å². The molecule has 1 aromatic rings. The molecule has 1 aliphatic rings. The molecule has 0 amide bonds. The van der Waals surface area contributed by atoms with E-state index in [1.54, 1.807) is 0 Å². The lowest BCUT2D eigenvalue weighted by molar-refractivity contribution is 0.0699. The molecule has 1 N–H and O–H groups in total. The molecule has 0 aromatic carbocycles. The van der Waals surface area contributed by atoms with E-state index in [2.05, 4.69) is 29.4 Å². The van der Waals surface area contributed by atoms with Crippen LogP contribution in [0.3, 0.4) is 0 Å². The van der Waals surface area contributed by atoms with Gasteiger partial charge in [-0.3, -0.25) is 0 Å². The molecule has 0 saturated carbocycles. The molecule has 17 heavy (non-hydrogen) atoms. The first kappa shape index (κ1) is 12.5. The van der Waals surface area contributed by atoms with Crippen LogP contribution in [0.1, 0.15) is 57.5 Å². The van der Waals surface area contributed by atoms with Crippen molar-refractivity contribution in [2.45, 2.75) is 45.8 Å². The molecular weight excluding hydrogens is 218 g/mol. The van der Waals surface area contributed by atoms with Crippen LogP contribution in [0.2, 0.25) is 0 Å². The molecule has 1 saturated heterocycles. The summed E-state index contributed by atoms with van der Waals surface area (Å²) in [6.45, 7) is 8.06. The number of rotatable bonds is 5. The first-order valence-electron chi connectivity index (χ1n) is 6.40. The van der Waals surface area contributed by atoms with Crippen LogP contribution < -0.4 is 5.32 Å². The van der Waals surface area contributed by atoms with Gasteiger partial charge >= 0.3 is 0 Å². The summed E-state index contributed by atoms with van der Waals surface area (Å²) >= 11 is 0. The van der Waals surface area contributed by atoms with Crippen LogP contribution in [0.5, 0.6) is 0 Å². The molecule has 96 valence electrons. The number of ether oxygens (including phenoxy) is 1. The van der Waals surface area contributed by atoms with Gasteiger partial charge in [0.15, 0.2) is 0 Å². The van der Waals surface area contributed by atoms with Crippen LogP contribution in [-0.2, 0) is 4.74 Å². The normalized spacial score (nSPS) is 26.3. The molecule has 2 heterocycles. The molecular formula is C12H21N3O2. The summed E-state index contributed by atoms with van der Waals surface area (Å²) in [6.07, 6.45) is 2.13. The number of nitrogens with zero attached hydrogens (tertiary/aromatic N) is 2. The second kappa shape index (κ2) is 5.60. The van der Waals surface area contributed by atoms with Gasteiger partial charge in [-0.2, -0.15) is 0 Å². The predicted molar refractivity (Wildman–Crippen MR) is 63.5 cm³/mol. The molecule has 5 heteroatoms. The van der Waals surface area contributed by atoms with Crippen LogP contribution in [-0.4, -0.2) is 23.3 Å². The highest BCUT2D eigenvalue weighted by molar-refractivity contribution is 4.94. The van der Waals surface area contributed by atoms with Crippen molar-refractivity contribution < 1.29 is 9.15 Å². The molecule has 1 fully saturated rings. The van der Waals surface area contributed by atoms with Gasteiger partial charge in [0.2, 0.25) is 11.8 Å². The minimum absolute atomic E-state index is 0.0189. The lowest BCUT2D eigenvalue weighted by Crippen LogP contribution is -2.19. The van der Waals surface area contributed by atoms with Gasteiger partial charge in [-0.15, -0.1) is 10.2 Å². The highest BCUT2D eigenvalue weighted by atomic mass is 16.5. The quantitative estimate of drug-likeness (QED) is 0.853. The van der Waals surface area contributed by atoms with Crippen molar-refractivity contribution in [3.8, 4) is 0 Å². The van der Waals surface area contributed by atoms with Crippen molar-refractivity contribution in [1.29, 1.82) is 0 Å². The Kier molecular flexibility index (Phi) is 4.12. The average molecular weight is 239 g/mol. The average Bonchev–Trinajstić information content (AvgIpc) is 2.93. The third kappa shape index (κ3) is 2.84. The zero-order valence-electron chi connectivity index (χ0n) is 10.8. The minimum Gasteiger partial charge on any atom is -0.421 e. The third-order valence-corrected chi connectivity index (χ3v) is 3.16. The van der Waals surface area contributed by atoms with E-state index in [1.807, 2.05) is 6.92 Å². The molecule has 1 aromatic heterocycles. The Bertz CT molecular complexity index is 353. The number of hydrogen-bond acceptors (Lipinski definition) is 5. The molecule has 1 aliphatic heterocycles. The van der Waals surface area contributed by atoms with Gasteiger partial charge in [-0.05, 0) is 32.2 Å². The molecule has 5 nitrogen and oxygen atoms in total. The molecule has 3 atom stereocenters. The summed E-state index contributed by atoms with van der Waals surface area (Å²) in [5, 5.41) is 11.5. The zero-order chi connectivity index (χ0) is 12.3. The van der Waals surface area contributed by atoms with E-state index >= 15 is 0 Å². The van der Waals surface area contributed by atoms with Crippen LogP contribution in [0, 0.1) is 5.92 Å². The molecule has 0 spiro atoms. The van der Waals surface area contributed by atoms with E-state index < -0.39 is 0 Å². The van der Waals surface area contributed by atoms with Gasteiger partial charge in [0, 0.05) is 6.61 Å². The van der Waals surface area contributed by atoms with Gasteiger partial charge < -0.3 is 14.5 Å². The zero-order valence-corrected chi connectivity index (χ0v) is 10.8. The Balaban J connectivity index is 2.00. The van der Waals surface area contributed by atoms with Crippen LogP contribution in [0.15, 0.2) is 4.42 Å². The molecule has 3 unspecified atom stereocenters. The maximum Gasteiger partial charge on any atom is 0.245 e. The van der Waals surface area contributed by atoms with Crippen molar-refractivity contribution in [2.75, 3.05) is 13.2 Å². The summed E-state index contributed by atoms with van der Waals surface area (Å²) in [7, 11) is 0. The van der Waals surface area contributed by atoms with Gasteiger partial charge in [0.05, 0.1) is 6.04 Å². The minimum atomic E-state index is -0.0189. The number of nitrogens with one attached hydrogen (secondary N) is 1. The lowest BCUT2D eigenvalue weighted by Gasteiger charge is -2.10. The first-order chi connectivity index (χ1) is 8.22. The SMILES string of the molecule is CCCNC(C)c1nnc(C2OCCC2C)o1. The fourth-order valence-corrected chi connectivity index (χ4v) is 2.00. The lowest BCUT2D eigenvalue weighted by atomic mass is 10.0. The highest BCUT2D eigenvalue weighted by Gasteiger charge is 2.31. The second-order valence-corrected chi connectivity index (χ2v) is 4.71. The second-order valence-electron chi connectivity index (χ2n) is 4.71. The maximum absolute atomic E-state index is 5.69. The Morgan fingerprint density at radius 1 is 1.47 bits per heavy atom. The Labute approximate surface area is 102 Å². The fraction of sp³-hybridized carbons (Fsp3) is 0.833. The van der Waals surface area contributed by atoms with Crippen molar-refractivity contribution >= 4 is 0 Å². The first-order valence-corrected chi connectivity index (χ1v) is 6.40. The fourth-order valence-electron chi connectivity index (χ4n) is 2.00. The smallest absolute Gasteiger partial charge is 0.245 e. The van der Waals surface area contributed by atoms with Crippen LogP contribution in [0.4, 0.5) is 0 Å². The number of aromatic nitrogens is 2. The van der Waals surface area contributed by atoms with Crippen LogP contribution in [0.25, 0.3) is 0 Å². The van der Waals surface area contributed by atoms with E-state index in [-0.39, 0.29) is 12.1 Å². The maximum atomic E-state index is 5.69. The summed E-state index contributed by atoms with van der Waals surface area (Å²) in [5.74, 6) is 1.73. The summed E-state index contributed by atoms with van der Waals surface area (Å²) in [6, 6.07) is 0.105. The van der Waals surface area contributed by atoms with Gasteiger partial charge in [0.1, 0.15) is 6.10 Å². The van der Waals surface area contributed by atoms with Crippen molar-refractivity contribution in [3.05, 3.63) is 11.8 Å². The monoisotopic (exact) mass is 239 g/mol. The van der Waals surface area contributed by atoms with Crippen molar-refractivity contribution in [3.63, 3.8) is 0 Å². The van der Waals surface area contributed by atoms with Gasteiger partial charge in [-0.25, -0.2) is 0 Å². The molecule has 0 radical (unpaired) electrons. The molecule has 2 rings (SSSR count). The summed E-state index contributed by atoms with van der Waals surface area (Å²) < 4.78 is 11.3. The Morgan fingerprint density at radius 2 is 2.29 bits per heavy atom. The van der Waals surface area contributed by atoms with Gasteiger partial charge in [-0.1, -0.05) is 13.8 Å². The van der Waals surface area contributed by atoms with E-state index in [4.69, 9.17) is 9.15 Å². The third-order valence-electron chi connectivity index (χ3n) is 3.16.